The molecule has 2 aromatic carbocycles. The van der Waals surface area contributed by atoms with Crippen molar-refractivity contribution in [3.05, 3.63) is 65.5 Å². The molecule has 0 bridgehead atoms. The molecule has 6 heteroatoms. The summed E-state index contributed by atoms with van der Waals surface area (Å²) in [5, 5.41) is 0. The first-order chi connectivity index (χ1) is 12.1. The van der Waals surface area contributed by atoms with Gasteiger partial charge in [-0.15, -0.1) is 0 Å². The molecule has 0 aliphatic heterocycles. The lowest BCUT2D eigenvalue weighted by molar-refractivity contribution is -0.136. The van der Waals surface area contributed by atoms with Crippen LogP contribution in [0.1, 0.15) is 15.9 Å². The Morgan fingerprint density at radius 3 is 2.48 bits per heavy atom. The van der Waals surface area contributed by atoms with E-state index in [2.05, 4.69) is 0 Å². The van der Waals surface area contributed by atoms with Gasteiger partial charge in [0.25, 0.3) is 0 Å². The van der Waals surface area contributed by atoms with Crippen LogP contribution in [0.4, 0.5) is 4.39 Å². The smallest absolute Gasteiger partial charge is 0.331 e. The Morgan fingerprint density at radius 2 is 1.80 bits per heavy atom. The normalized spacial score (nSPS) is 10.5. The van der Waals surface area contributed by atoms with Crippen LogP contribution in [0.5, 0.6) is 11.5 Å². The lowest BCUT2D eigenvalue weighted by Gasteiger charge is -2.09. The van der Waals surface area contributed by atoms with Crippen LogP contribution < -0.4 is 9.47 Å². The number of halogens is 1. The zero-order chi connectivity index (χ0) is 18.2. The Morgan fingerprint density at radius 1 is 1.04 bits per heavy atom. The van der Waals surface area contributed by atoms with Gasteiger partial charge in [-0.2, -0.15) is 0 Å². The van der Waals surface area contributed by atoms with Gasteiger partial charge in [0.1, 0.15) is 5.82 Å². The van der Waals surface area contributed by atoms with Crippen molar-refractivity contribution in [3.8, 4) is 11.5 Å². The van der Waals surface area contributed by atoms with Crippen LogP contribution in [0.3, 0.4) is 0 Å². The fourth-order valence-electron chi connectivity index (χ4n) is 2.15. The molecule has 0 radical (unpaired) electrons. The summed E-state index contributed by atoms with van der Waals surface area (Å²) in [6.45, 7) is -0.542. The Bertz CT molecular complexity index is 798. The average molecular weight is 344 g/mol. The molecule has 0 aromatic heterocycles. The van der Waals surface area contributed by atoms with Crippen molar-refractivity contribution in [2.45, 2.75) is 0 Å². The van der Waals surface area contributed by atoms with Crippen molar-refractivity contribution < 1.29 is 28.2 Å². The molecule has 0 spiro atoms. The molecular weight excluding hydrogens is 327 g/mol. The maximum Gasteiger partial charge on any atom is 0.331 e. The molecular formula is C19H17FO5. The van der Waals surface area contributed by atoms with Gasteiger partial charge in [-0.1, -0.05) is 24.3 Å². The number of hydrogen-bond acceptors (Lipinski definition) is 5. The van der Waals surface area contributed by atoms with Gasteiger partial charge in [0.2, 0.25) is 5.78 Å². The Labute approximate surface area is 144 Å². The first-order valence-corrected chi connectivity index (χ1v) is 7.40. The molecule has 0 unspecified atom stereocenters. The molecule has 0 saturated heterocycles. The van der Waals surface area contributed by atoms with E-state index >= 15 is 0 Å². The van der Waals surface area contributed by atoms with E-state index in [1.165, 1.54) is 44.6 Å². The van der Waals surface area contributed by atoms with Crippen molar-refractivity contribution in [2.24, 2.45) is 0 Å². The van der Waals surface area contributed by atoms with E-state index in [9.17, 15) is 14.0 Å². The van der Waals surface area contributed by atoms with Crippen LogP contribution in [0.15, 0.2) is 48.5 Å². The van der Waals surface area contributed by atoms with Crippen LogP contribution >= 0.6 is 0 Å². The zero-order valence-electron chi connectivity index (χ0n) is 13.8. The fourth-order valence-corrected chi connectivity index (χ4v) is 2.15. The maximum absolute atomic E-state index is 13.5. The number of ketones is 1. The summed E-state index contributed by atoms with van der Waals surface area (Å²) in [4.78, 5) is 23.6. The minimum absolute atomic E-state index is 0.117. The molecule has 25 heavy (non-hydrogen) atoms. The van der Waals surface area contributed by atoms with E-state index in [4.69, 9.17) is 14.2 Å². The molecule has 0 aliphatic carbocycles. The topological polar surface area (TPSA) is 61.8 Å². The summed E-state index contributed by atoms with van der Waals surface area (Å²) in [5.41, 5.74) is 0.493. The average Bonchev–Trinajstić information content (AvgIpc) is 2.64. The molecule has 0 fully saturated rings. The molecule has 0 N–H and O–H groups in total. The van der Waals surface area contributed by atoms with Gasteiger partial charge in [0, 0.05) is 11.6 Å². The number of hydrogen-bond donors (Lipinski definition) is 0. The highest BCUT2D eigenvalue weighted by atomic mass is 19.1. The number of carbonyl (C=O) groups excluding carboxylic acids is 2. The van der Waals surface area contributed by atoms with Crippen molar-refractivity contribution in [3.63, 3.8) is 0 Å². The fraction of sp³-hybridized carbons (Fsp3) is 0.158. The Kier molecular flexibility index (Phi) is 6.28. The minimum Gasteiger partial charge on any atom is -0.493 e. The maximum atomic E-state index is 13.5. The Balaban J connectivity index is 2.00. The second-order valence-corrected chi connectivity index (χ2v) is 4.93. The number of rotatable bonds is 7. The van der Waals surface area contributed by atoms with E-state index in [-0.39, 0.29) is 5.56 Å². The quantitative estimate of drug-likeness (QED) is 0.438. The zero-order valence-corrected chi connectivity index (χ0v) is 13.8. The summed E-state index contributed by atoms with van der Waals surface area (Å²) >= 11 is 0. The number of Topliss-reactive ketones (excluding diaryl/α,β-unsaturated/α-hetero) is 1. The molecule has 0 atom stereocenters. The molecule has 0 aliphatic rings. The minimum atomic E-state index is -0.727. The number of esters is 1. The van der Waals surface area contributed by atoms with Gasteiger partial charge >= 0.3 is 5.97 Å². The van der Waals surface area contributed by atoms with Gasteiger partial charge in [-0.05, 0) is 24.3 Å². The molecule has 5 nitrogen and oxygen atoms in total. The van der Waals surface area contributed by atoms with Gasteiger partial charge in [0.15, 0.2) is 18.1 Å². The third kappa shape index (κ3) is 4.67. The van der Waals surface area contributed by atoms with Crippen LogP contribution in [0.2, 0.25) is 0 Å². The highest BCUT2D eigenvalue weighted by molar-refractivity contribution is 5.99. The molecule has 130 valence electrons. The third-order valence-electron chi connectivity index (χ3n) is 3.35. The predicted octanol–water partition coefficient (Wildman–Crippen LogP) is 3.28. The van der Waals surface area contributed by atoms with E-state index < -0.39 is 24.2 Å². The van der Waals surface area contributed by atoms with Crippen LogP contribution in [-0.2, 0) is 9.53 Å². The van der Waals surface area contributed by atoms with Gasteiger partial charge in [0.05, 0.1) is 19.8 Å². The SMILES string of the molecule is COc1cccc(/C=C/C(=O)OCC(=O)c2ccccc2F)c1OC. The van der Waals surface area contributed by atoms with E-state index in [0.29, 0.717) is 17.1 Å². The summed E-state index contributed by atoms with van der Waals surface area (Å²) in [7, 11) is 2.99. The van der Waals surface area contributed by atoms with Gasteiger partial charge < -0.3 is 14.2 Å². The summed E-state index contributed by atoms with van der Waals surface area (Å²) in [6.07, 6.45) is 2.64. The number of benzene rings is 2. The second-order valence-electron chi connectivity index (χ2n) is 4.93. The number of ether oxygens (including phenoxy) is 3. The summed E-state index contributed by atoms with van der Waals surface area (Å²) < 4.78 is 28.8. The van der Waals surface area contributed by atoms with E-state index in [1.807, 2.05) is 0 Å². The third-order valence-corrected chi connectivity index (χ3v) is 3.35. The lowest BCUT2D eigenvalue weighted by atomic mass is 10.1. The molecule has 0 heterocycles. The summed E-state index contributed by atoms with van der Waals surface area (Å²) in [6, 6.07) is 10.7. The van der Waals surface area contributed by atoms with Gasteiger partial charge in [-0.3, -0.25) is 4.79 Å². The highest BCUT2D eigenvalue weighted by Gasteiger charge is 2.13. The van der Waals surface area contributed by atoms with Crippen molar-refractivity contribution in [1.29, 1.82) is 0 Å². The van der Waals surface area contributed by atoms with E-state index in [0.717, 1.165) is 6.08 Å². The second kappa shape index (κ2) is 8.63. The molecule has 2 rings (SSSR count). The van der Waals surface area contributed by atoms with Crippen molar-refractivity contribution in [2.75, 3.05) is 20.8 Å². The Hall–Kier alpha value is -3.15. The first-order valence-electron chi connectivity index (χ1n) is 7.40. The van der Waals surface area contributed by atoms with E-state index in [1.54, 1.807) is 18.2 Å². The highest BCUT2D eigenvalue weighted by Crippen LogP contribution is 2.31. The summed E-state index contributed by atoms with van der Waals surface area (Å²) in [5.74, 6) is -1.00. The van der Waals surface area contributed by atoms with Crippen LogP contribution in [0, 0.1) is 5.82 Å². The lowest BCUT2D eigenvalue weighted by Crippen LogP contribution is -2.13. The first kappa shape index (κ1) is 18.2. The molecule has 0 saturated carbocycles. The van der Waals surface area contributed by atoms with Crippen molar-refractivity contribution >= 4 is 17.8 Å². The van der Waals surface area contributed by atoms with Crippen LogP contribution in [-0.4, -0.2) is 32.6 Å². The largest absolute Gasteiger partial charge is 0.493 e. The van der Waals surface area contributed by atoms with Crippen LogP contribution in [0.25, 0.3) is 6.08 Å². The van der Waals surface area contributed by atoms with Gasteiger partial charge in [-0.25, -0.2) is 9.18 Å². The number of carbonyl (C=O) groups is 2. The monoisotopic (exact) mass is 344 g/mol. The standard InChI is InChI=1S/C19H17FO5/c1-23-17-9-5-6-13(19(17)24-2)10-11-18(22)25-12-16(21)14-7-3-4-8-15(14)20/h3-11H,12H2,1-2H3/b11-10+. The predicted molar refractivity (Wildman–Crippen MR) is 90.3 cm³/mol. The number of para-hydroxylation sites is 1. The number of methoxy groups -OCH3 is 2. The molecule has 2 aromatic rings. The molecule has 0 amide bonds. The van der Waals surface area contributed by atoms with Crippen molar-refractivity contribution in [1.82, 2.24) is 0 Å².